The highest BCUT2D eigenvalue weighted by Gasteiger charge is 2.44. The van der Waals surface area contributed by atoms with Crippen molar-refractivity contribution >= 4 is 34.2 Å². The van der Waals surface area contributed by atoms with Gasteiger partial charge in [-0.3, -0.25) is 14.5 Å². The maximum absolute atomic E-state index is 13.9. The summed E-state index contributed by atoms with van der Waals surface area (Å²) in [5, 5.41) is 0.725. The van der Waals surface area contributed by atoms with Gasteiger partial charge in [-0.15, -0.1) is 0 Å². The van der Waals surface area contributed by atoms with Gasteiger partial charge in [-0.1, -0.05) is 43.9 Å². The number of halogens is 1. The first-order valence-corrected chi connectivity index (χ1v) is 14.0. The van der Waals surface area contributed by atoms with Gasteiger partial charge >= 0.3 is 0 Å². The number of rotatable bonds is 11. The Morgan fingerprint density at radius 1 is 0.900 bits per heavy atom. The number of methoxy groups -OCH3 is 1. The molecule has 5 rings (SSSR count). The standard InChI is InChI=1S/C32H32ClNO6/c1-4-6-7-8-17-39-26-15-9-20(18-27(26)37-3)29-28-30(35)24-19-21(33)10-16-25(24)40-31(28)32(36)34(29)22-11-13-23(14-12-22)38-5-2/h9-16,18-19,29H,4-8,17H2,1-3H3. The van der Waals surface area contributed by atoms with Crippen LogP contribution in [0.15, 0.2) is 69.9 Å². The topological polar surface area (TPSA) is 78.2 Å². The molecule has 1 amide bonds. The Balaban J connectivity index is 1.61. The van der Waals surface area contributed by atoms with Crippen molar-refractivity contribution in [1.82, 2.24) is 0 Å². The molecule has 208 valence electrons. The van der Waals surface area contributed by atoms with E-state index in [2.05, 4.69) is 6.92 Å². The van der Waals surface area contributed by atoms with Crippen LogP contribution in [0.1, 0.15) is 67.3 Å². The van der Waals surface area contributed by atoms with Crippen LogP contribution >= 0.6 is 11.6 Å². The van der Waals surface area contributed by atoms with Crippen molar-refractivity contribution in [2.75, 3.05) is 25.2 Å². The molecular formula is C32H32ClNO6. The molecule has 1 aromatic heterocycles. The SMILES string of the molecule is CCCCCCOc1ccc(C2c3c(oc4ccc(Cl)cc4c3=O)C(=O)N2c2ccc(OCC)cc2)cc1OC. The number of fused-ring (bicyclic) bond motifs is 2. The molecule has 40 heavy (non-hydrogen) atoms. The van der Waals surface area contributed by atoms with Gasteiger partial charge in [0.15, 0.2) is 16.9 Å². The van der Waals surface area contributed by atoms with Crippen LogP contribution < -0.4 is 24.5 Å². The molecule has 0 bridgehead atoms. The minimum Gasteiger partial charge on any atom is -0.494 e. The van der Waals surface area contributed by atoms with Crippen LogP contribution in [0.3, 0.4) is 0 Å². The molecule has 1 aliphatic rings. The lowest BCUT2D eigenvalue weighted by molar-refractivity contribution is 0.0971. The second-order valence-corrected chi connectivity index (χ2v) is 10.1. The highest BCUT2D eigenvalue weighted by atomic mass is 35.5. The number of unbranched alkanes of at least 4 members (excludes halogenated alkanes) is 3. The highest BCUT2D eigenvalue weighted by Crippen LogP contribution is 2.43. The zero-order chi connectivity index (χ0) is 28.2. The first kappa shape index (κ1) is 27.6. The molecule has 8 heteroatoms. The third kappa shape index (κ3) is 5.26. The molecule has 0 spiro atoms. The monoisotopic (exact) mass is 561 g/mol. The summed E-state index contributed by atoms with van der Waals surface area (Å²) in [6.07, 6.45) is 4.37. The van der Waals surface area contributed by atoms with E-state index in [4.69, 9.17) is 30.2 Å². The van der Waals surface area contributed by atoms with Crippen molar-refractivity contribution in [3.8, 4) is 17.2 Å². The molecular weight excluding hydrogens is 530 g/mol. The smallest absolute Gasteiger partial charge is 0.295 e. The third-order valence-electron chi connectivity index (χ3n) is 7.02. The molecule has 3 aromatic carbocycles. The van der Waals surface area contributed by atoms with Gasteiger partial charge in [-0.05, 0) is 73.5 Å². The normalized spacial score (nSPS) is 14.4. The van der Waals surface area contributed by atoms with E-state index in [1.165, 1.54) is 6.42 Å². The molecule has 0 saturated carbocycles. The summed E-state index contributed by atoms with van der Waals surface area (Å²) in [5.74, 6) is 1.41. The number of carbonyl (C=O) groups is 1. The first-order chi connectivity index (χ1) is 19.5. The predicted molar refractivity (Wildman–Crippen MR) is 156 cm³/mol. The molecule has 0 fully saturated rings. The second kappa shape index (κ2) is 12.0. The summed E-state index contributed by atoms with van der Waals surface area (Å²) in [6.45, 7) is 5.18. The molecule has 7 nitrogen and oxygen atoms in total. The fourth-order valence-electron chi connectivity index (χ4n) is 5.08. The lowest BCUT2D eigenvalue weighted by Gasteiger charge is -2.26. The Hall–Kier alpha value is -3.97. The van der Waals surface area contributed by atoms with Crippen LogP contribution in [0, 0.1) is 0 Å². The number of amides is 1. The van der Waals surface area contributed by atoms with Gasteiger partial charge in [-0.2, -0.15) is 0 Å². The summed E-state index contributed by atoms with van der Waals surface area (Å²) in [4.78, 5) is 29.4. The Kier molecular flexibility index (Phi) is 8.31. The van der Waals surface area contributed by atoms with Crippen molar-refractivity contribution < 1.29 is 23.4 Å². The zero-order valence-corrected chi connectivity index (χ0v) is 23.6. The van der Waals surface area contributed by atoms with E-state index in [0.717, 1.165) is 19.3 Å². The van der Waals surface area contributed by atoms with Gasteiger partial charge in [0.25, 0.3) is 5.91 Å². The summed E-state index contributed by atoms with van der Waals surface area (Å²) in [6, 6.07) is 16.8. The number of anilines is 1. The van der Waals surface area contributed by atoms with E-state index < -0.39 is 11.9 Å². The van der Waals surface area contributed by atoms with Gasteiger partial charge in [0.1, 0.15) is 11.3 Å². The highest BCUT2D eigenvalue weighted by molar-refractivity contribution is 6.31. The molecule has 1 atom stereocenters. The van der Waals surface area contributed by atoms with Crippen LogP contribution in [-0.2, 0) is 0 Å². The Bertz CT molecular complexity index is 1580. The predicted octanol–water partition coefficient (Wildman–Crippen LogP) is 7.56. The van der Waals surface area contributed by atoms with Crippen molar-refractivity contribution in [3.63, 3.8) is 0 Å². The number of benzene rings is 3. The Morgan fingerprint density at radius 2 is 1.70 bits per heavy atom. The van der Waals surface area contributed by atoms with E-state index in [0.29, 0.717) is 57.7 Å². The number of hydrogen-bond donors (Lipinski definition) is 0. The molecule has 0 radical (unpaired) electrons. The van der Waals surface area contributed by atoms with Gasteiger partial charge in [0.05, 0.1) is 37.3 Å². The summed E-state index contributed by atoms with van der Waals surface area (Å²) in [7, 11) is 1.57. The molecule has 0 saturated heterocycles. The average Bonchev–Trinajstić information content (AvgIpc) is 3.26. The van der Waals surface area contributed by atoms with Crippen molar-refractivity contribution in [1.29, 1.82) is 0 Å². The fraction of sp³-hybridized carbons (Fsp3) is 0.312. The lowest BCUT2D eigenvalue weighted by atomic mass is 9.97. The summed E-state index contributed by atoms with van der Waals surface area (Å²) >= 11 is 6.22. The second-order valence-electron chi connectivity index (χ2n) is 9.64. The largest absolute Gasteiger partial charge is 0.494 e. The summed E-state index contributed by atoms with van der Waals surface area (Å²) < 4.78 is 23.3. The number of nitrogens with zero attached hydrogens (tertiary/aromatic N) is 1. The van der Waals surface area contributed by atoms with Crippen molar-refractivity contribution in [2.24, 2.45) is 0 Å². The molecule has 1 unspecified atom stereocenters. The molecule has 0 N–H and O–H groups in total. The number of carbonyl (C=O) groups excluding carboxylic acids is 1. The maximum atomic E-state index is 13.9. The summed E-state index contributed by atoms with van der Waals surface area (Å²) in [5.41, 5.74) is 1.54. The zero-order valence-electron chi connectivity index (χ0n) is 22.9. The minimum atomic E-state index is -0.757. The van der Waals surface area contributed by atoms with E-state index in [1.807, 2.05) is 25.1 Å². The Labute approximate surface area is 238 Å². The minimum absolute atomic E-state index is 0.00826. The van der Waals surface area contributed by atoms with Crippen molar-refractivity contribution in [3.05, 3.63) is 92.8 Å². The quantitative estimate of drug-likeness (QED) is 0.176. The van der Waals surface area contributed by atoms with Gasteiger partial charge in [0, 0.05) is 10.7 Å². The van der Waals surface area contributed by atoms with E-state index in [-0.39, 0.29) is 16.8 Å². The third-order valence-corrected chi connectivity index (χ3v) is 7.25. The first-order valence-electron chi connectivity index (χ1n) is 13.6. The van der Waals surface area contributed by atoms with Crippen LogP contribution in [-0.4, -0.2) is 26.2 Å². The maximum Gasteiger partial charge on any atom is 0.295 e. The van der Waals surface area contributed by atoms with Crippen LogP contribution in [0.2, 0.25) is 5.02 Å². The molecule has 2 heterocycles. The fourth-order valence-corrected chi connectivity index (χ4v) is 5.25. The average molecular weight is 562 g/mol. The van der Waals surface area contributed by atoms with Crippen molar-refractivity contribution in [2.45, 2.75) is 45.6 Å². The van der Waals surface area contributed by atoms with Crippen LogP contribution in [0.5, 0.6) is 17.2 Å². The molecule has 4 aromatic rings. The number of hydrogen-bond acceptors (Lipinski definition) is 6. The van der Waals surface area contributed by atoms with E-state index in [9.17, 15) is 9.59 Å². The molecule has 1 aliphatic heterocycles. The van der Waals surface area contributed by atoms with E-state index in [1.54, 1.807) is 54.5 Å². The molecule has 0 aliphatic carbocycles. The van der Waals surface area contributed by atoms with Gasteiger partial charge in [-0.25, -0.2) is 0 Å². The number of ether oxygens (including phenoxy) is 3. The lowest BCUT2D eigenvalue weighted by Crippen LogP contribution is -2.29. The Morgan fingerprint density at radius 3 is 2.42 bits per heavy atom. The van der Waals surface area contributed by atoms with E-state index >= 15 is 0 Å². The van der Waals surface area contributed by atoms with Gasteiger partial charge in [0.2, 0.25) is 5.76 Å². The van der Waals surface area contributed by atoms with Gasteiger partial charge < -0.3 is 18.6 Å². The van der Waals surface area contributed by atoms with Crippen LogP contribution in [0.4, 0.5) is 5.69 Å². The van der Waals surface area contributed by atoms with Crippen LogP contribution in [0.25, 0.3) is 11.0 Å².